The van der Waals surface area contributed by atoms with Gasteiger partial charge in [-0.05, 0) is 62.8 Å². The van der Waals surface area contributed by atoms with Crippen molar-refractivity contribution in [2.45, 2.75) is 19.9 Å². The van der Waals surface area contributed by atoms with E-state index in [9.17, 15) is 4.79 Å². The number of carbonyl (C=O) groups excluding carboxylic acids is 1. The molecule has 0 aliphatic carbocycles. The monoisotopic (exact) mass is 462 g/mol. The largest absolute Gasteiger partial charge is 0.493 e. The third-order valence-corrected chi connectivity index (χ3v) is 6.61. The minimum atomic E-state index is -0.236. The summed E-state index contributed by atoms with van der Waals surface area (Å²) in [5, 5.41) is 8.83. The lowest BCUT2D eigenvalue weighted by molar-refractivity contribution is 0.0856. The number of aromatic nitrogens is 3. The van der Waals surface area contributed by atoms with Crippen molar-refractivity contribution in [1.29, 1.82) is 0 Å². The van der Waals surface area contributed by atoms with Crippen molar-refractivity contribution < 1.29 is 9.53 Å². The van der Waals surface area contributed by atoms with Gasteiger partial charge in [0, 0.05) is 52.5 Å². The Morgan fingerprint density at radius 3 is 2.88 bits per heavy atom. The van der Waals surface area contributed by atoms with Crippen LogP contribution in [-0.2, 0) is 13.0 Å². The number of likely N-dealkylation sites (N-methyl/N-ethyl adjacent to an activating group) is 1. The third-order valence-electron chi connectivity index (χ3n) is 6.38. The molecule has 0 bridgehead atoms. The molecule has 4 aromatic rings. The number of nitrogens with zero attached hydrogens (tertiary/aromatic N) is 3. The second-order valence-electron chi connectivity index (χ2n) is 8.98. The first kappa shape index (κ1) is 21.7. The number of H-pyrrole nitrogens is 1. The number of aryl methyl sites for hydroxylation is 1. The molecule has 170 valence electrons. The normalized spacial score (nSPS) is 15.6. The Kier molecular flexibility index (Phi) is 5.72. The first-order chi connectivity index (χ1) is 15.9. The molecule has 0 radical (unpaired) electrons. The van der Waals surface area contributed by atoms with Gasteiger partial charge in [-0.1, -0.05) is 23.7 Å². The van der Waals surface area contributed by atoms with Crippen LogP contribution in [0.5, 0.6) is 5.75 Å². The average molecular weight is 463 g/mol. The molecular formula is C26H27ClN4O2. The van der Waals surface area contributed by atoms with Gasteiger partial charge in [-0.15, -0.1) is 0 Å². The van der Waals surface area contributed by atoms with E-state index in [-0.39, 0.29) is 11.7 Å². The molecule has 1 unspecified atom stereocenters. The Hall–Kier alpha value is -3.09. The van der Waals surface area contributed by atoms with Crippen molar-refractivity contribution >= 4 is 28.3 Å². The molecule has 1 N–H and O–H groups in total. The molecule has 3 heterocycles. The summed E-state index contributed by atoms with van der Waals surface area (Å²) in [7, 11) is 4.11. The fraction of sp³-hybridized carbons (Fsp3) is 0.308. The van der Waals surface area contributed by atoms with Gasteiger partial charge in [0.2, 0.25) is 0 Å². The van der Waals surface area contributed by atoms with Gasteiger partial charge in [0.05, 0.1) is 18.2 Å². The van der Waals surface area contributed by atoms with Crippen molar-refractivity contribution in [3.8, 4) is 16.9 Å². The number of rotatable bonds is 6. The Balaban J connectivity index is 1.53. The number of carbonyl (C=O) groups is 1. The summed E-state index contributed by atoms with van der Waals surface area (Å²) in [5.41, 5.74) is 5.90. The number of hydrogen-bond donors (Lipinski definition) is 1. The minimum Gasteiger partial charge on any atom is -0.493 e. The van der Waals surface area contributed by atoms with E-state index in [4.69, 9.17) is 16.3 Å². The molecular weight excluding hydrogens is 436 g/mol. The van der Waals surface area contributed by atoms with Crippen LogP contribution in [-0.4, -0.2) is 52.7 Å². The van der Waals surface area contributed by atoms with E-state index in [1.807, 2.05) is 37.5 Å². The fourth-order valence-corrected chi connectivity index (χ4v) is 4.75. The Bertz CT molecular complexity index is 1340. The summed E-state index contributed by atoms with van der Waals surface area (Å²) < 4.78 is 8.10. The molecule has 0 spiro atoms. The lowest BCUT2D eigenvalue weighted by Gasteiger charge is -2.24. The predicted octanol–water partition coefficient (Wildman–Crippen LogP) is 4.99. The van der Waals surface area contributed by atoms with E-state index in [2.05, 4.69) is 52.0 Å². The van der Waals surface area contributed by atoms with Crippen LogP contribution in [0.25, 0.3) is 22.0 Å². The molecule has 5 rings (SSSR count). The van der Waals surface area contributed by atoms with Crippen molar-refractivity contribution in [2.75, 3.05) is 27.2 Å². The highest BCUT2D eigenvalue weighted by Gasteiger charge is 2.29. The topological polar surface area (TPSA) is 63.2 Å². The van der Waals surface area contributed by atoms with Crippen LogP contribution in [0, 0.1) is 12.8 Å². The molecule has 1 aliphatic heterocycles. The van der Waals surface area contributed by atoms with E-state index in [1.165, 1.54) is 0 Å². The second-order valence-corrected chi connectivity index (χ2v) is 9.42. The summed E-state index contributed by atoms with van der Waals surface area (Å²) in [4.78, 5) is 15.8. The summed E-state index contributed by atoms with van der Waals surface area (Å²) >= 11 is 6.18. The van der Waals surface area contributed by atoms with E-state index >= 15 is 0 Å². The number of nitrogens with one attached hydrogen (secondary N) is 1. The number of ether oxygens (including phenoxy) is 1. The first-order valence-corrected chi connectivity index (χ1v) is 11.5. The number of ketones is 1. The smallest absolute Gasteiger partial charge is 0.171 e. The van der Waals surface area contributed by atoms with Gasteiger partial charge in [0.15, 0.2) is 5.78 Å². The lowest BCUT2D eigenvalue weighted by Crippen LogP contribution is -2.28. The average Bonchev–Trinajstić information content (AvgIpc) is 3.39. The molecule has 2 aromatic heterocycles. The van der Waals surface area contributed by atoms with Crippen molar-refractivity contribution in [1.82, 2.24) is 19.7 Å². The van der Waals surface area contributed by atoms with E-state index in [0.717, 1.165) is 57.7 Å². The zero-order chi connectivity index (χ0) is 23.1. The van der Waals surface area contributed by atoms with E-state index in [0.29, 0.717) is 18.1 Å². The minimum absolute atomic E-state index is 0.112. The van der Waals surface area contributed by atoms with Gasteiger partial charge in [-0.3, -0.25) is 9.89 Å². The summed E-state index contributed by atoms with van der Waals surface area (Å²) in [6, 6.07) is 11.9. The van der Waals surface area contributed by atoms with E-state index < -0.39 is 0 Å². The van der Waals surface area contributed by atoms with Crippen molar-refractivity contribution in [3.05, 3.63) is 70.6 Å². The first-order valence-electron chi connectivity index (χ1n) is 11.1. The maximum absolute atomic E-state index is 13.7. The van der Waals surface area contributed by atoms with Crippen LogP contribution >= 0.6 is 11.6 Å². The molecule has 2 aromatic carbocycles. The third kappa shape index (κ3) is 4.16. The Morgan fingerprint density at radius 2 is 2.12 bits per heavy atom. The molecule has 0 fully saturated rings. The Morgan fingerprint density at radius 1 is 1.27 bits per heavy atom. The molecule has 1 aliphatic rings. The SMILES string of the molecule is Cc1n[nH]cc1-c1ccc2c(C(=O)C3COc4ccc(Cl)cc4C3)cn(CCN(C)C)c2c1. The lowest BCUT2D eigenvalue weighted by atomic mass is 9.89. The number of benzene rings is 2. The summed E-state index contributed by atoms with van der Waals surface area (Å²) in [6.07, 6.45) is 4.55. The number of fused-ring (bicyclic) bond motifs is 2. The number of hydrogen-bond acceptors (Lipinski definition) is 4. The molecule has 1 atom stereocenters. The maximum Gasteiger partial charge on any atom is 0.171 e. The van der Waals surface area contributed by atoms with E-state index in [1.54, 1.807) is 0 Å². The van der Waals surface area contributed by atoms with Crippen LogP contribution in [0.2, 0.25) is 5.02 Å². The van der Waals surface area contributed by atoms with Crippen LogP contribution in [0.3, 0.4) is 0 Å². The maximum atomic E-state index is 13.7. The highest BCUT2D eigenvalue weighted by Crippen LogP contribution is 2.34. The van der Waals surface area contributed by atoms with Crippen LogP contribution in [0.15, 0.2) is 48.8 Å². The fourth-order valence-electron chi connectivity index (χ4n) is 4.55. The van der Waals surface area contributed by atoms with Gasteiger partial charge in [0.25, 0.3) is 0 Å². The zero-order valence-electron chi connectivity index (χ0n) is 19.1. The summed E-state index contributed by atoms with van der Waals surface area (Å²) in [6.45, 7) is 4.04. The molecule has 6 nitrogen and oxygen atoms in total. The van der Waals surface area contributed by atoms with Gasteiger partial charge < -0.3 is 14.2 Å². The molecule has 0 saturated heterocycles. The molecule has 0 saturated carbocycles. The molecule has 0 amide bonds. The number of aromatic amines is 1. The van der Waals surface area contributed by atoms with Gasteiger partial charge in [-0.2, -0.15) is 5.10 Å². The standard InChI is InChI=1S/C26H27ClN4O2/c1-16-22(13-28-29-16)17-4-6-21-23(14-31(24(21)12-17)9-8-30(2)3)26(32)19-10-18-11-20(27)5-7-25(18)33-15-19/h4-7,11-14,19H,8-10,15H2,1-3H3,(H,28,29). The van der Waals surface area contributed by atoms with Gasteiger partial charge in [-0.25, -0.2) is 0 Å². The number of halogens is 1. The Labute approximate surface area is 198 Å². The number of Topliss-reactive ketones (excluding diaryl/α,β-unsaturated/α-hetero) is 1. The highest BCUT2D eigenvalue weighted by molar-refractivity contribution is 6.30. The zero-order valence-corrected chi connectivity index (χ0v) is 19.8. The van der Waals surface area contributed by atoms with Crippen LogP contribution in [0.4, 0.5) is 0 Å². The van der Waals surface area contributed by atoms with Crippen LogP contribution in [0.1, 0.15) is 21.6 Å². The predicted molar refractivity (Wildman–Crippen MR) is 131 cm³/mol. The van der Waals surface area contributed by atoms with Gasteiger partial charge in [0.1, 0.15) is 5.75 Å². The van der Waals surface area contributed by atoms with Crippen molar-refractivity contribution in [3.63, 3.8) is 0 Å². The quantitative estimate of drug-likeness (QED) is 0.410. The van der Waals surface area contributed by atoms with Crippen LogP contribution < -0.4 is 4.74 Å². The highest BCUT2D eigenvalue weighted by atomic mass is 35.5. The second kappa shape index (κ2) is 8.69. The summed E-state index contributed by atoms with van der Waals surface area (Å²) in [5.74, 6) is 0.693. The molecule has 33 heavy (non-hydrogen) atoms. The van der Waals surface area contributed by atoms with Crippen molar-refractivity contribution in [2.24, 2.45) is 5.92 Å². The molecule has 7 heteroatoms. The van der Waals surface area contributed by atoms with Gasteiger partial charge >= 0.3 is 0 Å².